The van der Waals surface area contributed by atoms with Crippen molar-refractivity contribution in [1.29, 1.82) is 0 Å². The fourth-order valence-corrected chi connectivity index (χ4v) is 2.25. The van der Waals surface area contributed by atoms with Gasteiger partial charge in [-0.15, -0.1) is 0 Å². The van der Waals surface area contributed by atoms with Crippen molar-refractivity contribution in [2.24, 2.45) is 17.1 Å². The number of thiocarbonyl (C=S) groups is 1. The Morgan fingerprint density at radius 3 is 2.38 bits per heavy atom. The van der Waals surface area contributed by atoms with Crippen LogP contribution in [0.4, 0.5) is 0 Å². The van der Waals surface area contributed by atoms with Gasteiger partial charge in [0.05, 0.1) is 10.4 Å². The van der Waals surface area contributed by atoms with Crippen LogP contribution in [-0.2, 0) is 4.79 Å². The van der Waals surface area contributed by atoms with Gasteiger partial charge in [-0.25, -0.2) is 0 Å². The average Bonchev–Trinajstić information content (AvgIpc) is 2.13. The largest absolute Gasteiger partial charge is 0.392 e. The number of amides is 1. The molecule has 1 amide bonds. The first kappa shape index (κ1) is 13.4. The fourth-order valence-electron chi connectivity index (χ4n) is 1.96. The Hall–Kier alpha value is -0.640. The Morgan fingerprint density at radius 1 is 1.50 bits per heavy atom. The van der Waals surface area contributed by atoms with Gasteiger partial charge in [-0.1, -0.05) is 38.9 Å². The van der Waals surface area contributed by atoms with Gasteiger partial charge in [-0.3, -0.25) is 4.79 Å². The van der Waals surface area contributed by atoms with Crippen LogP contribution in [0, 0.1) is 11.3 Å². The zero-order valence-corrected chi connectivity index (χ0v) is 11.2. The van der Waals surface area contributed by atoms with Crippen LogP contribution in [0.3, 0.4) is 0 Å². The topological polar surface area (TPSA) is 55.1 Å². The van der Waals surface area contributed by atoms with E-state index in [-0.39, 0.29) is 11.9 Å². The van der Waals surface area contributed by atoms with Crippen LogP contribution in [0.25, 0.3) is 0 Å². The van der Waals surface area contributed by atoms with Crippen LogP contribution >= 0.6 is 12.2 Å². The number of nitrogens with two attached hydrogens (primary N) is 1. The predicted molar refractivity (Wildman–Crippen MR) is 70.1 cm³/mol. The van der Waals surface area contributed by atoms with Crippen LogP contribution in [-0.4, -0.2) is 16.9 Å². The first-order valence-corrected chi connectivity index (χ1v) is 6.45. The minimum absolute atomic E-state index is 0.0269. The van der Waals surface area contributed by atoms with Crippen molar-refractivity contribution in [2.45, 2.75) is 52.5 Å². The van der Waals surface area contributed by atoms with E-state index in [1.54, 1.807) is 0 Å². The Bertz CT molecular complexity index is 287. The van der Waals surface area contributed by atoms with Crippen LogP contribution in [0.15, 0.2) is 0 Å². The number of hydrogen-bond acceptors (Lipinski definition) is 2. The summed E-state index contributed by atoms with van der Waals surface area (Å²) in [6, 6.07) is 0.185. The monoisotopic (exact) mass is 242 g/mol. The number of carbonyl (C=O) groups excluding carboxylic acids is 1. The molecule has 1 rings (SSSR count). The van der Waals surface area contributed by atoms with Gasteiger partial charge < -0.3 is 11.1 Å². The predicted octanol–water partition coefficient (Wildman–Crippen LogP) is 1.99. The highest BCUT2D eigenvalue weighted by Crippen LogP contribution is 2.41. The van der Waals surface area contributed by atoms with E-state index >= 15 is 0 Å². The van der Waals surface area contributed by atoms with Gasteiger partial charge >= 0.3 is 0 Å². The molecule has 16 heavy (non-hydrogen) atoms. The molecule has 0 saturated heterocycles. The average molecular weight is 242 g/mol. The van der Waals surface area contributed by atoms with E-state index in [0.29, 0.717) is 10.9 Å². The van der Waals surface area contributed by atoms with Crippen LogP contribution in [0.5, 0.6) is 0 Å². The molecule has 3 nitrogen and oxygen atoms in total. The molecule has 0 aliphatic heterocycles. The van der Waals surface area contributed by atoms with Crippen LogP contribution < -0.4 is 11.1 Å². The highest BCUT2D eigenvalue weighted by molar-refractivity contribution is 7.80. The minimum Gasteiger partial charge on any atom is -0.392 e. The van der Waals surface area contributed by atoms with Crippen LogP contribution in [0.1, 0.15) is 46.5 Å². The molecule has 1 saturated carbocycles. The molecule has 2 atom stereocenters. The highest BCUT2D eigenvalue weighted by Gasteiger charge is 2.47. The zero-order valence-electron chi connectivity index (χ0n) is 10.4. The molecule has 3 N–H and O–H groups in total. The van der Waals surface area contributed by atoms with Crippen molar-refractivity contribution in [1.82, 2.24) is 5.32 Å². The lowest BCUT2D eigenvalue weighted by Gasteiger charge is -2.40. The minimum atomic E-state index is -0.545. The summed E-state index contributed by atoms with van der Waals surface area (Å²) in [7, 11) is 0. The molecule has 0 spiro atoms. The van der Waals surface area contributed by atoms with Crippen molar-refractivity contribution in [3.05, 3.63) is 0 Å². The molecular weight excluding hydrogens is 220 g/mol. The lowest BCUT2D eigenvalue weighted by atomic mass is 9.68. The smallest absolute Gasteiger partial charge is 0.233 e. The van der Waals surface area contributed by atoms with E-state index in [4.69, 9.17) is 18.0 Å². The Balaban J connectivity index is 2.61. The van der Waals surface area contributed by atoms with Gasteiger partial charge in [-0.05, 0) is 25.7 Å². The van der Waals surface area contributed by atoms with Gasteiger partial charge in [-0.2, -0.15) is 0 Å². The summed E-state index contributed by atoms with van der Waals surface area (Å²) in [6.45, 7) is 6.30. The number of hydrogen-bond donors (Lipinski definition) is 2. The Kier molecular flexibility index (Phi) is 4.30. The second-order valence-electron chi connectivity index (χ2n) is 4.95. The van der Waals surface area contributed by atoms with E-state index in [2.05, 4.69) is 19.2 Å². The third-order valence-electron chi connectivity index (χ3n) is 3.97. The maximum absolute atomic E-state index is 12.1. The summed E-state index contributed by atoms with van der Waals surface area (Å²) >= 11 is 5.02. The van der Waals surface area contributed by atoms with Crippen molar-refractivity contribution in [2.75, 3.05) is 0 Å². The summed E-state index contributed by atoms with van der Waals surface area (Å²) < 4.78 is 0. The highest BCUT2D eigenvalue weighted by atomic mass is 32.1. The molecule has 0 bridgehead atoms. The van der Waals surface area contributed by atoms with E-state index in [1.165, 1.54) is 0 Å². The Labute approximate surface area is 103 Å². The van der Waals surface area contributed by atoms with E-state index < -0.39 is 5.41 Å². The van der Waals surface area contributed by atoms with Crippen LogP contribution in [0.2, 0.25) is 0 Å². The molecule has 92 valence electrons. The molecule has 1 fully saturated rings. The maximum Gasteiger partial charge on any atom is 0.233 e. The molecule has 0 heterocycles. The molecule has 0 aromatic heterocycles. The molecule has 2 unspecified atom stereocenters. The lowest BCUT2D eigenvalue weighted by molar-refractivity contribution is -0.131. The van der Waals surface area contributed by atoms with E-state index in [9.17, 15) is 4.79 Å². The van der Waals surface area contributed by atoms with E-state index in [1.807, 2.05) is 6.92 Å². The second kappa shape index (κ2) is 5.13. The maximum atomic E-state index is 12.1. The van der Waals surface area contributed by atoms with Gasteiger partial charge in [0.2, 0.25) is 5.91 Å². The third kappa shape index (κ3) is 2.37. The van der Waals surface area contributed by atoms with Gasteiger partial charge in [0.1, 0.15) is 0 Å². The molecule has 0 aromatic rings. The second-order valence-corrected chi connectivity index (χ2v) is 5.39. The Morgan fingerprint density at radius 2 is 2.06 bits per heavy atom. The molecule has 0 aromatic carbocycles. The molecule has 0 radical (unpaired) electrons. The lowest BCUT2D eigenvalue weighted by Crippen LogP contribution is -2.55. The van der Waals surface area contributed by atoms with Gasteiger partial charge in [0.15, 0.2) is 0 Å². The van der Waals surface area contributed by atoms with Crippen molar-refractivity contribution < 1.29 is 4.79 Å². The summed E-state index contributed by atoms with van der Waals surface area (Å²) in [4.78, 5) is 12.5. The standard InChI is InChI=1S/C12H22N2OS/c1-4-8(2)9(3)14-11(15)12(10(13)16)6-5-7-12/h8-9H,4-7H2,1-3H3,(H2,13,16)(H,14,15). The molecule has 1 aliphatic rings. The van der Waals surface area contributed by atoms with Crippen molar-refractivity contribution in [3.63, 3.8) is 0 Å². The summed E-state index contributed by atoms with van der Waals surface area (Å²) in [6.07, 6.45) is 3.72. The molecule has 1 aliphatic carbocycles. The first-order chi connectivity index (χ1) is 7.44. The summed E-state index contributed by atoms with van der Waals surface area (Å²) in [5.41, 5.74) is 5.14. The number of carbonyl (C=O) groups is 1. The fraction of sp³-hybridized carbons (Fsp3) is 0.833. The molecular formula is C12H22N2OS. The van der Waals surface area contributed by atoms with E-state index in [0.717, 1.165) is 25.7 Å². The summed E-state index contributed by atoms with van der Waals surface area (Å²) in [5, 5.41) is 3.05. The molecule has 4 heteroatoms. The number of rotatable bonds is 5. The van der Waals surface area contributed by atoms with Crippen molar-refractivity contribution >= 4 is 23.1 Å². The SMILES string of the molecule is CCC(C)C(C)NC(=O)C1(C(N)=S)CCC1. The quantitative estimate of drug-likeness (QED) is 0.725. The third-order valence-corrected chi connectivity index (χ3v) is 4.36. The first-order valence-electron chi connectivity index (χ1n) is 6.05. The summed E-state index contributed by atoms with van der Waals surface area (Å²) in [5.74, 6) is 0.506. The number of nitrogens with one attached hydrogen (secondary N) is 1. The normalized spacial score (nSPS) is 21.7. The zero-order chi connectivity index (χ0) is 12.3. The van der Waals surface area contributed by atoms with Crippen molar-refractivity contribution in [3.8, 4) is 0 Å². The van der Waals surface area contributed by atoms with Gasteiger partial charge in [0, 0.05) is 6.04 Å². The van der Waals surface area contributed by atoms with Gasteiger partial charge in [0.25, 0.3) is 0 Å².